The lowest BCUT2D eigenvalue weighted by molar-refractivity contribution is -0.117. The van der Waals surface area contributed by atoms with E-state index in [1.807, 2.05) is 54.9 Å². The molecule has 3 aromatic heterocycles. The average Bonchev–Trinajstić information content (AvgIpc) is 3.52. The summed E-state index contributed by atoms with van der Waals surface area (Å²) in [5, 5.41) is 4.57. The van der Waals surface area contributed by atoms with Crippen LogP contribution < -0.4 is 5.32 Å². The van der Waals surface area contributed by atoms with Crippen molar-refractivity contribution in [2.75, 3.05) is 5.32 Å². The van der Waals surface area contributed by atoms with Crippen LogP contribution in [-0.2, 0) is 11.5 Å². The van der Waals surface area contributed by atoms with Gasteiger partial charge in [0.25, 0.3) is 0 Å². The number of amides is 1. The van der Waals surface area contributed by atoms with Gasteiger partial charge in [0.15, 0.2) is 5.13 Å². The highest BCUT2D eigenvalue weighted by Gasteiger charge is 2.30. The van der Waals surface area contributed by atoms with Gasteiger partial charge in [0.05, 0.1) is 16.4 Å². The fraction of sp³-hybridized carbons (Fsp3) is 0.160. The Bertz CT molecular complexity index is 1510. The molecule has 8 heteroatoms. The lowest BCUT2D eigenvalue weighted by Gasteiger charge is -2.07. The molecule has 1 aliphatic rings. The first-order valence-corrected chi connectivity index (χ1v) is 12.3. The van der Waals surface area contributed by atoms with Gasteiger partial charge in [-0.3, -0.25) is 9.20 Å². The number of hydrogen-bond donors (Lipinski definition) is 1. The van der Waals surface area contributed by atoms with Crippen LogP contribution in [0.15, 0.2) is 76.9 Å². The molecule has 5 aromatic rings. The van der Waals surface area contributed by atoms with E-state index < -0.39 is 6.67 Å². The van der Waals surface area contributed by atoms with E-state index in [0.29, 0.717) is 10.7 Å². The monoisotopic (exact) mass is 474 g/mol. The van der Waals surface area contributed by atoms with Gasteiger partial charge in [0, 0.05) is 17.0 Å². The van der Waals surface area contributed by atoms with Gasteiger partial charge in [-0.05, 0) is 65.9 Å². The smallest absolute Gasteiger partial charge is 0.229 e. The SMILES string of the molecule is O=C(Nc1nc2ccc(Sc3cnc4ccc(-c5cccc(CF)c5)cn34)cc2s1)C1CC1. The molecule has 1 N–H and O–H groups in total. The third-order valence-corrected chi connectivity index (χ3v) is 7.58. The number of benzene rings is 2. The molecule has 5 nitrogen and oxygen atoms in total. The predicted octanol–water partition coefficient (Wildman–Crippen LogP) is 6.58. The van der Waals surface area contributed by atoms with Crippen molar-refractivity contribution in [3.8, 4) is 11.1 Å². The number of rotatable bonds is 6. The maximum absolute atomic E-state index is 13.1. The number of fused-ring (bicyclic) bond motifs is 2. The molecule has 0 atom stereocenters. The van der Waals surface area contributed by atoms with Crippen molar-refractivity contribution in [2.24, 2.45) is 5.92 Å². The molecule has 1 saturated carbocycles. The number of nitrogens with zero attached hydrogens (tertiary/aromatic N) is 3. The van der Waals surface area contributed by atoms with Crippen LogP contribution in [0, 0.1) is 5.92 Å². The molecule has 0 bridgehead atoms. The number of anilines is 1. The molecule has 0 aliphatic heterocycles. The largest absolute Gasteiger partial charge is 0.302 e. The third-order valence-electron chi connectivity index (χ3n) is 5.65. The second-order valence-electron chi connectivity index (χ2n) is 8.09. The summed E-state index contributed by atoms with van der Waals surface area (Å²) in [4.78, 5) is 22.2. The minimum atomic E-state index is -0.478. The number of carbonyl (C=O) groups is 1. The van der Waals surface area contributed by atoms with Crippen LogP contribution in [0.1, 0.15) is 18.4 Å². The first-order valence-electron chi connectivity index (χ1n) is 10.7. The Morgan fingerprint density at radius 1 is 1.15 bits per heavy atom. The number of imidazole rings is 1. The first-order chi connectivity index (χ1) is 16.2. The fourth-order valence-corrected chi connectivity index (χ4v) is 5.62. The lowest BCUT2D eigenvalue weighted by Crippen LogP contribution is -2.12. The van der Waals surface area contributed by atoms with Crippen LogP contribution in [0.5, 0.6) is 0 Å². The highest BCUT2D eigenvalue weighted by Crippen LogP contribution is 2.36. The Hall–Kier alpha value is -3.23. The summed E-state index contributed by atoms with van der Waals surface area (Å²) in [6.45, 7) is -0.478. The quantitative estimate of drug-likeness (QED) is 0.302. The van der Waals surface area contributed by atoms with Crippen LogP contribution in [0.3, 0.4) is 0 Å². The summed E-state index contributed by atoms with van der Waals surface area (Å²) < 4.78 is 16.2. The standard InChI is InChI=1S/C25H19FN4OS2/c26-12-15-2-1-3-17(10-15)18-6-9-22-27-13-23(30(22)14-18)32-19-7-8-20-21(11-19)33-25(28-20)29-24(31)16-4-5-16/h1-3,6-11,13-14,16H,4-5,12H2,(H,28,29,31). The first kappa shape index (κ1) is 20.4. The molecular weight excluding hydrogens is 455 g/mol. The molecule has 0 saturated heterocycles. The van der Waals surface area contributed by atoms with E-state index in [0.717, 1.165) is 49.8 Å². The van der Waals surface area contributed by atoms with Crippen molar-refractivity contribution in [1.82, 2.24) is 14.4 Å². The normalized spacial score (nSPS) is 13.6. The second kappa shape index (κ2) is 8.28. The molecule has 1 aliphatic carbocycles. The second-order valence-corrected chi connectivity index (χ2v) is 10.2. The summed E-state index contributed by atoms with van der Waals surface area (Å²) in [6.07, 6.45) is 5.85. The zero-order valence-corrected chi connectivity index (χ0v) is 19.1. The van der Waals surface area contributed by atoms with E-state index >= 15 is 0 Å². The van der Waals surface area contributed by atoms with E-state index in [1.165, 1.54) is 11.3 Å². The fourth-order valence-electron chi connectivity index (χ4n) is 3.73. The average molecular weight is 475 g/mol. The topological polar surface area (TPSA) is 59.3 Å². The van der Waals surface area contributed by atoms with Crippen molar-refractivity contribution in [3.05, 3.63) is 72.6 Å². The molecule has 33 heavy (non-hydrogen) atoms. The Balaban J connectivity index is 1.29. The van der Waals surface area contributed by atoms with E-state index in [9.17, 15) is 9.18 Å². The van der Waals surface area contributed by atoms with Gasteiger partial charge in [-0.15, -0.1) is 0 Å². The Kier molecular flexibility index (Phi) is 5.11. The number of nitrogens with one attached hydrogen (secondary N) is 1. The van der Waals surface area contributed by atoms with Crippen LogP contribution in [0.2, 0.25) is 0 Å². The van der Waals surface area contributed by atoms with Gasteiger partial charge < -0.3 is 5.32 Å². The molecule has 0 unspecified atom stereocenters. The number of aromatic nitrogens is 3. The van der Waals surface area contributed by atoms with Crippen molar-refractivity contribution in [1.29, 1.82) is 0 Å². The van der Waals surface area contributed by atoms with Gasteiger partial charge in [0.1, 0.15) is 17.3 Å². The molecule has 3 heterocycles. The zero-order chi connectivity index (χ0) is 22.4. The van der Waals surface area contributed by atoms with Crippen molar-refractivity contribution in [2.45, 2.75) is 29.4 Å². The summed E-state index contributed by atoms with van der Waals surface area (Å²) in [7, 11) is 0. The molecule has 2 aromatic carbocycles. The lowest BCUT2D eigenvalue weighted by atomic mass is 10.1. The summed E-state index contributed by atoms with van der Waals surface area (Å²) in [5.74, 6) is 0.227. The Labute approximate surface area is 197 Å². The van der Waals surface area contributed by atoms with Crippen LogP contribution in [0.25, 0.3) is 27.0 Å². The molecule has 6 rings (SSSR count). The maximum Gasteiger partial charge on any atom is 0.229 e. The Morgan fingerprint density at radius 3 is 2.91 bits per heavy atom. The summed E-state index contributed by atoms with van der Waals surface area (Å²) in [6, 6.07) is 17.6. The van der Waals surface area contributed by atoms with Crippen molar-refractivity contribution < 1.29 is 9.18 Å². The highest BCUT2D eigenvalue weighted by molar-refractivity contribution is 7.99. The number of carbonyl (C=O) groups excluding carboxylic acids is 1. The molecule has 1 amide bonds. The summed E-state index contributed by atoms with van der Waals surface area (Å²) in [5.41, 5.74) is 4.38. The van der Waals surface area contributed by atoms with Gasteiger partial charge in [-0.25, -0.2) is 14.4 Å². The number of hydrogen-bond acceptors (Lipinski definition) is 5. The van der Waals surface area contributed by atoms with Crippen molar-refractivity contribution in [3.63, 3.8) is 0 Å². The van der Waals surface area contributed by atoms with Crippen LogP contribution in [-0.4, -0.2) is 20.3 Å². The van der Waals surface area contributed by atoms with Gasteiger partial charge in [-0.2, -0.15) is 0 Å². The van der Waals surface area contributed by atoms with E-state index in [1.54, 1.807) is 17.8 Å². The number of halogens is 1. The zero-order valence-electron chi connectivity index (χ0n) is 17.5. The molecule has 1 fully saturated rings. The predicted molar refractivity (Wildman–Crippen MR) is 131 cm³/mol. The molecule has 164 valence electrons. The van der Waals surface area contributed by atoms with E-state index in [2.05, 4.69) is 25.8 Å². The van der Waals surface area contributed by atoms with Crippen LogP contribution in [0.4, 0.5) is 9.52 Å². The van der Waals surface area contributed by atoms with Gasteiger partial charge in [0.2, 0.25) is 5.91 Å². The third kappa shape index (κ3) is 4.12. The number of alkyl halides is 1. The molecular formula is C25H19FN4OS2. The van der Waals surface area contributed by atoms with Gasteiger partial charge >= 0.3 is 0 Å². The maximum atomic E-state index is 13.1. The summed E-state index contributed by atoms with van der Waals surface area (Å²) >= 11 is 3.12. The van der Waals surface area contributed by atoms with Crippen molar-refractivity contribution >= 4 is 50.0 Å². The minimum Gasteiger partial charge on any atom is -0.302 e. The Morgan fingerprint density at radius 2 is 2.06 bits per heavy atom. The minimum absolute atomic E-state index is 0.0715. The van der Waals surface area contributed by atoms with Gasteiger partial charge in [-0.1, -0.05) is 41.3 Å². The number of thiazole rings is 1. The van der Waals surface area contributed by atoms with E-state index in [-0.39, 0.29) is 11.8 Å². The highest BCUT2D eigenvalue weighted by atomic mass is 32.2. The molecule has 0 radical (unpaired) electrons. The molecule has 0 spiro atoms. The van der Waals surface area contributed by atoms with Crippen LogP contribution >= 0.6 is 23.1 Å². The number of pyridine rings is 1. The van der Waals surface area contributed by atoms with E-state index in [4.69, 9.17) is 0 Å².